The van der Waals surface area contributed by atoms with Crippen LogP contribution in [0.3, 0.4) is 0 Å². The van der Waals surface area contributed by atoms with E-state index < -0.39 is 0 Å². The minimum Gasteiger partial charge on any atom is -0.371 e. The van der Waals surface area contributed by atoms with Gasteiger partial charge in [-0.2, -0.15) is 0 Å². The second kappa shape index (κ2) is 7.09. The molecule has 1 aromatic carbocycles. The quantitative estimate of drug-likeness (QED) is 0.895. The Bertz CT molecular complexity index is 803. The van der Waals surface area contributed by atoms with Crippen molar-refractivity contribution in [3.63, 3.8) is 0 Å². The number of nitrogens with zero attached hydrogens (tertiary/aromatic N) is 1. The second-order valence-corrected chi connectivity index (χ2v) is 6.62. The number of nitrogens with one attached hydrogen (secondary N) is 2. The van der Waals surface area contributed by atoms with Crippen LogP contribution in [0.5, 0.6) is 0 Å². The van der Waals surface area contributed by atoms with Crippen LogP contribution in [-0.2, 0) is 0 Å². The highest BCUT2D eigenvalue weighted by molar-refractivity contribution is 6.30. The van der Waals surface area contributed by atoms with E-state index in [9.17, 15) is 9.59 Å². The molecular formula is C18H20ClN3O2. The Kier molecular flexibility index (Phi) is 4.90. The molecule has 2 heterocycles. The number of benzene rings is 1. The lowest BCUT2D eigenvalue weighted by atomic mass is 10.1. The van der Waals surface area contributed by atoms with Crippen LogP contribution in [-0.4, -0.2) is 30.5 Å². The summed E-state index contributed by atoms with van der Waals surface area (Å²) >= 11 is 6.04. The highest BCUT2D eigenvalue weighted by Gasteiger charge is 2.23. The summed E-state index contributed by atoms with van der Waals surface area (Å²) in [6, 6.07) is 9.23. The number of amides is 1. The maximum atomic E-state index is 12.2. The Morgan fingerprint density at radius 3 is 3.00 bits per heavy atom. The third-order valence-electron chi connectivity index (χ3n) is 4.31. The van der Waals surface area contributed by atoms with Crippen molar-refractivity contribution in [2.75, 3.05) is 24.5 Å². The van der Waals surface area contributed by atoms with Crippen molar-refractivity contribution in [2.24, 2.45) is 5.92 Å². The van der Waals surface area contributed by atoms with Gasteiger partial charge in [0.05, 0.1) is 0 Å². The van der Waals surface area contributed by atoms with E-state index >= 15 is 0 Å². The van der Waals surface area contributed by atoms with Crippen molar-refractivity contribution in [1.29, 1.82) is 0 Å². The second-order valence-electron chi connectivity index (χ2n) is 6.18. The molecular weight excluding hydrogens is 326 g/mol. The molecule has 24 heavy (non-hydrogen) atoms. The number of rotatable bonds is 4. The van der Waals surface area contributed by atoms with Gasteiger partial charge in [0.15, 0.2) is 5.43 Å². The number of aromatic nitrogens is 1. The number of halogens is 1. The van der Waals surface area contributed by atoms with Crippen LogP contribution in [0.25, 0.3) is 0 Å². The molecule has 1 unspecified atom stereocenters. The van der Waals surface area contributed by atoms with Gasteiger partial charge in [-0.15, -0.1) is 0 Å². The van der Waals surface area contributed by atoms with Crippen LogP contribution in [0.15, 0.2) is 41.3 Å². The van der Waals surface area contributed by atoms with Gasteiger partial charge in [0, 0.05) is 48.3 Å². The molecule has 0 aliphatic carbocycles. The molecule has 0 bridgehead atoms. The molecule has 1 saturated heterocycles. The molecule has 1 aliphatic rings. The molecule has 0 saturated carbocycles. The number of anilines is 1. The Hall–Kier alpha value is -2.27. The summed E-state index contributed by atoms with van der Waals surface area (Å²) in [5.74, 6) is 0.0370. The van der Waals surface area contributed by atoms with E-state index in [1.807, 2.05) is 24.3 Å². The highest BCUT2D eigenvalue weighted by atomic mass is 35.5. The summed E-state index contributed by atoms with van der Waals surface area (Å²) in [6.45, 7) is 4.14. The van der Waals surface area contributed by atoms with Gasteiger partial charge in [0.1, 0.15) is 5.56 Å². The van der Waals surface area contributed by atoms with Crippen LogP contribution >= 0.6 is 11.6 Å². The first kappa shape index (κ1) is 16.6. The van der Waals surface area contributed by atoms with E-state index in [2.05, 4.69) is 15.2 Å². The fraction of sp³-hybridized carbons (Fsp3) is 0.333. The molecule has 1 aliphatic heterocycles. The van der Waals surface area contributed by atoms with Gasteiger partial charge in [-0.1, -0.05) is 17.7 Å². The summed E-state index contributed by atoms with van der Waals surface area (Å²) in [7, 11) is 0. The monoisotopic (exact) mass is 345 g/mol. The van der Waals surface area contributed by atoms with Gasteiger partial charge in [0.25, 0.3) is 5.91 Å². The number of carbonyl (C=O) groups excluding carboxylic acids is 1. The third kappa shape index (κ3) is 3.79. The SMILES string of the molecule is Cc1cc(=O)c(C(=O)NCC2CCN(c3cccc(Cl)c3)C2)c[nH]1. The zero-order valence-electron chi connectivity index (χ0n) is 13.5. The first-order valence-corrected chi connectivity index (χ1v) is 8.39. The summed E-state index contributed by atoms with van der Waals surface area (Å²) in [6.07, 6.45) is 2.47. The number of hydrogen-bond donors (Lipinski definition) is 2. The van der Waals surface area contributed by atoms with Crippen LogP contribution in [0, 0.1) is 12.8 Å². The molecule has 1 atom stereocenters. The van der Waals surface area contributed by atoms with Crippen molar-refractivity contribution >= 4 is 23.2 Å². The molecule has 5 nitrogen and oxygen atoms in total. The molecule has 6 heteroatoms. The number of aromatic amines is 1. The van der Waals surface area contributed by atoms with Crippen molar-refractivity contribution in [3.8, 4) is 0 Å². The highest BCUT2D eigenvalue weighted by Crippen LogP contribution is 2.25. The standard InChI is InChI=1S/C18H20ClN3O2/c1-12-7-17(23)16(10-20-12)18(24)21-9-13-5-6-22(11-13)15-4-2-3-14(19)8-15/h2-4,7-8,10,13H,5-6,9,11H2,1H3,(H,20,23)(H,21,24). The van der Waals surface area contributed by atoms with Gasteiger partial charge < -0.3 is 15.2 Å². The molecule has 1 amide bonds. The van der Waals surface area contributed by atoms with E-state index in [0.29, 0.717) is 12.5 Å². The van der Waals surface area contributed by atoms with Crippen LogP contribution in [0.4, 0.5) is 5.69 Å². The van der Waals surface area contributed by atoms with Crippen molar-refractivity contribution in [1.82, 2.24) is 10.3 Å². The van der Waals surface area contributed by atoms with Crippen LogP contribution < -0.4 is 15.6 Å². The zero-order chi connectivity index (χ0) is 17.1. The fourth-order valence-electron chi connectivity index (χ4n) is 2.99. The van der Waals surface area contributed by atoms with E-state index in [0.717, 1.165) is 35.9 Å². The van der Waals surface area contributed by atoms with Gasteiger partial charge >= 0.3 is 0 Å². The van der Waals surface area contributed by atoms with Crippen LogP contribution in [0.2, 0.25) is 5.02 Å². The normalized spacial score (nSPS) is 17.1. The zero-order valence-corrected chi connectivity index (χ0v) is 14.3. The molecule has 1 aromatic heterocycles. The van der Waals surface area contributed by atoms with Crippen molar-refractivity contribution < 1.29 is 4.79 Å². The maximum Gasteiger partial charge on any atom is 0.256 e. The Balaban J connectivity index is 1.56. The molecule has 0 spiro atoms. The largest absolute Gasteiger partial charge is 0.371 e. The summed E-state index contributed by atoms with van der Waals surface area (Å²) in [5.41, 5.74) is 1.75. The van der Waals surface area contributed by atoms with E-state index in [4.69, 9.17) is 11.6 Å². The molecule has 126 valence electrons. The first-order chi connectivity index (χ1) is 11.5. The van der Waals surface area contributed by atoms with E-state index in [1.165, 1.54) is 12.3 Å². The number of pyridine rings is 1. The number of H-pyrrole nitrogens is 1. The smallest absolute Gasteiger partial charge is 0.256 e. The predicted molar refractivity (Wildman–Crippen MR) is 95.9 cm³/mol. The average molecular weight is 346 g/mol. The Morgan fingerprint density at radius 2 is 2.25 bits per heavy atom. The fourth-order valence-corrected chi connectivity index (χ4v) is 3.17. The van der Waals surface area contributed by atoms with E-state index in [1.54, 1.807) is 6.92 Å². The lowest BCUT2D eigenvalue weighted by molar-refractivity contribution is 0.0947. The van der Waals surface area contributed by atoms with E-state index in [-0.39, 0.29) is 16.9 Å². The van der Waals surface area contributed by atoms with Crippen molar-refractivity contribution in [2.45, 2.75) is 13.3 Å². The van der Waals surface area contributed by atoms with Gasteiger partial charge in [0.2, 0.25) is 0 Å². The maximum absolute atomic E-state index is 12.2. The number of hydrogen-bond acceptors (Lipinski definition) is 3. The number of carbonyl (C=O) groups is 1. The van der Waals surface area contributed by atoms with Gasteiger partial charge in [-0.05, 0) is 37.5 Å². The minimum absolute atomic E-state index is 0.158. The summed E-state index contributed by atoms with van der Waals surface area (Å²) in [4.78, 5) is 29.2. The van der Waals surface area contributed by atoms with Gasteiger partial charge in [-0.25, -0.2) is 0 Å². The van der Waals surface area contributed by atoms with Crippen molar-refractivity contribution in [3.05, 3.63) is 63.0 Å². The first-order valence-electron chi connectivity index (χ1n) is 8.01. The molecule has 3 rings (SSSR count). The predicted octanol–water partition coefficient (Wildman–Crippen LogP) is 2.59. The topological polar surface area (TPSA) is 65.2 Å². The van der Waals surface area contributed by atoms with Gasteiger partial charge in [-0.3, -0.25) is 9.59 Å². The molecule has 1 fully saturated rings. The molecule has 2 aromatic rings. The lowest BCUT2D eigenvalue weighted by Gasteiger charge is -2.19. The van der Waals surface area contributed by atoms with Crippen LogP contribution in [0.1, 0.15) is 22.5 Å². The Labute approximate surface area is 145 Å². The molecule has 0 radical (unpaired) electrons. The minimum atomic E-state index is -0.322. The lowest BCUT2D eigenvalue weighted by Crippen LogP contribution is -2.33. The Morgan fingerprint density at radius 1 is 1.42 bits per heavy atom. The third-order valence-corrected chi connectivity index (χ3v) is 4.55. The molecule has 2 N–H and O–H groups in total. The summed E-state index contributed by atoms with van der Waals surface area (Å²) in [5, 5.41) is 3.60. The number of aryl methyl sites for hydroxylation is 1. The summed E-state index contributed by atoms with van der Waals surface area (Å²) < 4.78 is 0. The average Bonchev–Trinajstić information content (AvgIpc) is 3.01.